The van der Waals surface area contributed by atoms with E-state index in [1.165, 1.54) is 6.42 Å². The van der Waals surface area contributed by atoms with E-state index in [1.807, 2.05) is 20.2 Å². The Morgan fingerprint density at radius 3 is 2.69 bits per heavy atom. The molecule has 1 heterocycles. The van der Waals surface area contributed by atoms with Crippen molar-refractivity contribution >= 4 is 17.5 Å². The maximum Gasteiger partial charge on any atom is 0.225 e. The van der Waals surface area contributed by atoms with Crippen molar-refractivity contribution < 1.29 is 0 Å². The van der Waals surface area contributed by atoms with Crippen molar-refractivity contribution in [2.75, 3.05) is 11.9 Å². The Kier molecular flexibility index (Phi) is 5.00. The monoisotopic (exact) mass is 241 g/mol. The SMILES string of the molecule is CCCC(C)N(C)c1ncc(CCl)c(C)n1. The molecule has 4 heteroatoms. The molecule has 3 nitrogen and oxygen atoms in total. The van der Waals surface area contributed by atoms with Crippen LogP contribution in [0.15, 0.2) is 6.20 Å². The van der Waals surface area contributed by atoms with Gasteiger partial charge in [-0.1, -0.05) is 13.3 Å². The lowest BCUT2D eigenvalue weighted by Gasteiger charge is -2.24. The van der Waals surface area contributed by atoms with Gasteiger partial charge in [-0.25, -0.2) is 9.97 Å². The van der Waals surface area contributed by atoms with Gasteiger partial charge in [-0.3, -0.25) is 0 Å². The summed E-state index contributed by atoms with van der Waals surface area (Å²) in [4.78, 5) is 10.9. The Morgan fingerprint density at radius 1 is 1.50 bits per heavy atom. The van der Waals surface area contributed by atoms with Crippen LogP contribution in [0.25, 0.3) is 0 Å². The molecule has 0 aliphatic heterocycles. The first-order valence-corrected chi connectivity index (χ1v) is 6.24. The molecular weight excluding hydrogens is 222 g/mol. The number of halogens is 1. The van der Waals surface area contributed by atoms with Crippen LogP contribution >= 0.6 is 11.6 Å². The number of nitrogens with zero attached hydrogens (tertiary/aromatic N) is 3. The van der Waals surface area contributed by atoms with E-state index in [4.69, 9.17) is 11.6 Å². The first kappa shape index (κ1) is 13.2. The Morgan fingerprint density at radius 2 is 2.19 bits per heavy atom. The highest BCUT2D eigenvalue weighted by molar-refractivity contribution is 6.17. The van der Waals surface area contributed by atoms with Crippen molar-refractivity contribution in [3.63, 3.8) is 0 Å². The standard InChI is InChI=1S/C12H20ClN3/c1-5-6-9(2)16(4)12-14-8-11(7-13)10(3)15-12/h8-9H,5-7H2,1-4H3. The molecule has 1 rings (SSSR count). The van der Waals surface area contributed by atoms with Crippen LogP contribution in [0.1, 0.15) is 37.9 Å². The molecule has 0 bridgehead atoms. The van der Waals surface area contributed by atoms with Crippen molar-refractivity contribution in [2.24, 2.45) is 0 Å². The lowest BCUT2D eigenvalue weighted by molar-refractivity contribution is 0.604. The van der Waals surface area contributed by atoms with Gasteiger partial charge in [0.1, 0.15) is 0 Å². The van der Waals surface area contributed by atoms with E-state index < -0.39 is 0 Å². The fourth-order valence-electron chi connectivity index (χ4n) is 1.59. The third kappa shape index (κ3) is 3.08. The van der Waals surface area contributed by atoms with Gasteiger partial charge in [-0.2, -0.15) is 0 Å². The van der Waals surface area contributed by atoms with Gasteiger partial charge in [0.15, 0.2) is 0 Å². The summed E-state index contributed by atoms with van der Waals surface area (Å²) in [6.45, 7) is 6.35. The quantitative estimate of drug-likeness (QED) is 0.742. The van der Waals surface area contributed by atoms with Gasteiger partial charge in [-0.05, 0) is 20.3 Å². The average molecular weight is 242 g/mol. The first-order valence-electron chi connectivity index (χ1n) is 5.71. The topological polar surface area (TPSA) is 29.0 Å². The summed E-state index contributed by atoms with van der Waals surface area (Å²) in [5.41, 5.74) is 1.97. The van der Waals surface area contributed by atoms with E-state index in [1.54, 1.807) is 0 Å². The summed E-state index contributed by atoms with van der Waals surface area (Å²) in [6.07, 6.45) is 4.14. The number of anilines is 1. The zero-order valence-corrected chi connectivity index (χ0v) is 11.3. The largest absolute Gasteiger partial charge is 0.341 e. The summed E-state index contributed by atoms with van der Waals surface area (Å²) in [5, 5.41) is 0. The van der Waals surface area contributed by atoms with Crippen LogP contribution in [0.4, 0.5) is 5.95 Å². The Labute approximate surface area is 103 Å². The smallest absolute Gasteiger partial charge is 0.225 e. The molecule has 90 valence electrons. The summed E-state index contributed by atoms with van der Waals surface area (Å²) in [5.74, 6) is 1.26. The second kappa shape index (κ2) is 6.04. The van der Waals surface area contributed by atoms with E-state index >= 15 is 0 Å². The van der Waals surface area contributed by atoms with Crippen molar-refractivity contribution in [1.82, 2.24) is 9.97 Å². The number of alkyl halides is 1. The van der Waals surface area contributed by atoms with Gasteiger partial charge >= 0.3 is 0 Å². The fourth-order valence-corrected chi connectivity index (χ4v) is 1.85. The number of aryl methyl sites for hydroxylation is 1. The van der Waals surface area contributed by atoms with Crippen LogP contribution in [0.5, 0.6) is 0 Å². The summed E-state index contributed by atoms with van der Waals surface area (Å²) in [6, 6.07) is 0.464. The number of hydrogen-bond acceptors (Lipinski definition) is 3. The molecule has 1 aromatic rings. The maximum atomic E-state index is 5.78. The van der Waals surface area contributed by atoms with Gasteiger partial charge in [-0.15, -0.1) is 11.6 Å². The molecule has 0 fully saturated rings. The Balaban J connectivity index is 2.84. The van der Waals surface area contributed by atoms with E-state index in [0.717, 1.165) is 23.6 Å². The molecule has 1 aromatic heterocycles. The Hall–Kier alpha value is -0.830. The van der Waals surface area contributed by atoms with Crippen LogP contribution in [0.2, 0.25) is 0 Å². The Bertz CT molecular complexity index is 341. The molecule has 16 heavy (non-hydrogen) atoms. The number of hydrogen-bond donors (Lipinski definition) is 0. The zero-order chi connectivity index (χ0) is 12.1. The molecule has 0 amide bonds. The minimum absolute atomic E-state index is 0.464. The highest BCUT2D eigenvalue weighted by Gasteiger charge is 2.12. The van der Waals surface area contributed by atoms with E-state index in [-0.39, 0.29) is 0 Å². The van der Waals surface area contributed by atoms with Gasteiger partial charge in [0.25, 0.3) is 0 Å². The third-order valence-corrected chi connectivity index (χ3v) is 3.18. The van der Waals surface area contributed by atoms with Crippen LogP contribution < -0.4 is 4.90 Å². The fraction of sp³-hybridized carbons (Fsp3) is 0.667. The highest BCUT2D eigenvalue weighted by atomic mass is 35.5. The molecule has 0 aromatic carbocycles. The average Bonchev–Trinajstić information content (AvgIpc) is 2.28. The third-order valence-electron chi connectivity index (χ3n) is 2.90. The minimum Gasteiger partial charge on any atom is -0.341 e. The number of rotatable bonds is 5. The number of aromatic nitrogens is 2. The summed E-state index contributed by atoms with van der Waals surface area (Å²) < 4.78 is 0. The van der Waals surface area contributed by atoms with E-state index in [2.05, 4.69) is 28.7 Å². The molecular formula is C12H20ClN3. The maximum absolute atomic E-state index is 5.78. The predicted octanol–water partition coefficient (Wildman–Crippen LogP) is 3.15. The molecule has 0 saturated heterocycles. The van der Waals surface area contributed by atoms with Crippen LogP contribution in [-0.4, -0.2) is 23.1 Å². The predicted molar refractivity (Wildman–Crippen MR) is 69.1 cm³/mol. The van der Waals surface area contributed by atoms with Gasteiger partial charge < -0.3 is 4.90 Å². The lowest BCUT2D eigenvalue weighted by Crippen LogP contribution is -2.30. The van der Waals surface area contributed by atoms with Crippen LogP contribution in [0, 0.1) is 6.92 Å². The normalized spacial score (nSPS) is 12.6. The molecule has 1 atom stereocenters. The van der Waals surface area contributed by atoms with Crippen molar-refractivity contribution in [2.45, 2.75) is 45.5 Å². The molecule has 0 spiro atoms. The van der Waals surface area contributed by atoms with Gasteiger partial charge in [0.05, 0.1) is 5.88 Å². The zero-order valence-electron chi connectivity index (χ0n) is 10.5. The molecule has 0 aliphatic rings. The van der Waals surface area contributed by atoms with Crippen molar-refractivity contribution in [1.29, 1.82) is 0 Å². The molecule has 0 aliphatic carbocycles. The van der Waals surface area contributed by atoms with Crippen molar-refractivity contribution in [3.8, 4) is 0 Å². The van der Waals surface area contributed by atoms with Crippen LogP contribution in [0.3, 0.4) is 0 Å². The first-order chi connectivity index (χ1) is 7.60. The second-order valence-corrected chi connectivity index (χ2v) is 4.43. The molecule has 1 unspecified atom stereocenters. The summed E-state index contributed by atoms with van der Waals surface area (Å²) >= 11 is 5.78. The van der Waals surface area contributed by atoms with Gasteiger partial charge in [0.2, 0.25) is 5.95 Å². The molecule has 0 saturated carbocycles. The highest BCUT2D eigenvalue weighted by Crippen LogP contribution is 2.15. The van der Waals surface area contributed by atoms with Crippen molar-refractivity contribution in [3.05, 3.63) is 17.5 Å². The van der Waals surface area contributed by atoms with E-state index in [9.17, 15) is 0 Å². The molecule has 0 N–H and O–H groups in total. The van der Waals surface area contributed by atoms with Crippen LogP contribution in [-0.2, 0) is 5.88 Å². The lowest BCUT2D eigenvalue weighted by atomic mass is 10.2. The molecule has 0 radical (unpaired) electrons. The van der Waals surface area contributed by atoms with Gasteiger partial charge in [0, 0.05) is 30.5 Å². The summed E-state index contributed by atoms with van der Waals surface area (Å²) in [7, 11) is 2.04. The second-order valence-electron chi connectivity index (χ2n) is 4.16. The van der Waals surface area contributed by atoms with E-state index in [0.29, 0.717) is 11.9 Å². The minimum atomic E-state index is 0.464.